The molecule has 6 nitrogen and oxygen atoms in total. The number of thiophene rings is 1. The second kappa shape index (κ2) is 7.14. The van der Waals surface area contributed by atoms with Gasteiger partial charge < -0.3 is 10.1 Å². The Balaban J connectivity index is 1.67. The van der Waals surface area contributed by atoms with Crippen molar-refractivity contribution in [3.8, 4) is 0 Å². The first-order chi connectivity index (χ1) is 11.1. The molecule has 2 aromatic rings. The van der Waals surface area contributed by atoms with Crippen LogP contribution in [0.2, 0.25) is 5.15 Å². The maximum atomic E-state index is 12.6. The number of rotatable bonds is 5. The molecule has 9 heteroatoms. The van der Waals surface area contributed by atoms with Gasteiger partial charge in [0.05, 0.1) is 13.2 Å². The van der Waals surface area contributed by atoms with E-state index in [-0.39, 0.29) is 0 Å². The third-order valence-electron chi connectivity index (χ3n) is 3.39. The summed E-state index contributed by atoms with van der Waals surface area (Å²) in [7, 11) is -3.42. The van der Waals surface area contributed by atoms with E-state index in [9.17, 15) is 8.42 Å². The zero-order chi connectivity index (χ0) is 16.3. The lowest BCUT2D eigenvalue weighted by atomic mass is 10.4. The van der Waals surface area contributed by atoms with E-state index in [2.05, 4.69) is 10.3 Å². The Labute approximate surface area is 144 Å². The van der Waals surface area contributed by atoms with E-state index in [1.807, 2.05) is 12.1 Å². The summed E-state index contributed by atoms with van der Waals surface area (Å²) in [6, 6.07) is 7.02. The monoisotopic (exact) mass is 373 g/mol. The molecule has 3 heterocycles. The van der Waals surface area contributed by atoms with Crippen molar-refractivity contribution >= 4 is 38.6 Å². The number of halogens is 1. The van der Waals surface area contributed by atoms with Crippen molar-refractivity contribution < 1.29 is 13.2 Å². The molecule has 1 saturated heterocycles. The predicted molar refractivity (Wildman–Crippen MR) is 90.5 cm³/mol. The summed E-state index contributed by atoms with van der Waals surface area (Å²) in [4.78, 5) is 4.85. The highest BCUT2D eigenvalue weighted by atomic mass is 35.5. The molecule has 0 radical (unpaired) electrons. The van der Waals surface area contributed by atoms with Crippen LogP contribution in [0.15, 0.2) is 34.7 Å². The number of morpholine rings is 1. The Morgan fingerprint density at radius 2 is 2.09 bits per heavy atom. The van der Waals surface area contributed by atoms with Gasteiger partial charge in [0.1, 0.15) is 9.36 Å². The largest absolute Gasteiger partial charge is 0.380 e. The third kappa shape index (κ3) is 4.02. The summed E-state index contributed by atoms with van der Waals surface area (Å²) in [5, 5.41) is 3.62. The molecular formula is C14H16ClN3O3S2. The van der Waals surface area contributed by atoms with Gasteiger partial charge in [0.15, 0.2) is 0 Å². The van der Waals surface area contributed by atoms with Crippen molar-refractivity contribution in [3.63, 3.8) is 0 Å². The molecule has 0 atom stereocenters. The number of hydrogen-bond donors (Lipinski definition) is 1. The standard InChI is InChI=1S/C14H16ClN3O3S2/c15-13-9-11(3-4-16-13)17-10-12-1-2-14(22-12)23(19,20)18-5-7-21-8-6-18/h1-4,9H,5-8,10H2,(H,16,17). The van der Waals surface area contributed by atoms with E-state index in [0.29, 0.717) is 42.2 Å². The lowest BCUT2D eigenvalue weighted by Crippen LogP contribution is -2.40. The van der Waals surface area contributed by atoms with Crippen molar-refractivity contribution in [1.29, 1.82) is 0 Å². The maximum absolute atomic E-state index is 12.6. The highest BCUT2D eigenvalue weighted by Crippen LogP contribution is 2.26. The van der Waals surface area contributed by atoms with Crippen molar-refractivity contribution in [2.24, 2.45) is 0 Å². The minimum Gasteiger partial charge on any atom is -0.380 e. The molecule has 23 heavy (non-hydrogen) atoms. The average molecular weight is 374 g/mol. The lowest BCUT2D eigenvalue weighted by Gasteiger charge is -2.25. The predicted octanol–water partition coefficient (Wildman–Crippen LogP) is 2.43. The quantitative estimate of drug-likeness (QED) is 0.815. The minimum atomic E-state index is -3.42. The van der Waals surface area contributed by atoms with E-state index in [1.54, 1.807) is 18.3 Å². The van der Waals surface area contributed by atoms with Crippen LogP contribution >= 0.6 is 22.9 Å². The van der Waals surface area contributed by atoms with Crippen molar-refractivity contribution in [3.05, 3.63) is 40.5 Å². The number of sulfonamides is 1. The molecule has 124 valence electrons. The fraction of sp³-hybridized carbons (Fsp3) is 0.357. The molecule has 0 spiro atoms. The smallest absolute Gasteiger partial charge is 0.252 e. The normalized spacial score (nSPS) is 16.4. The molecule has 3 rings (SSSR count). The number of nitrogens with zero attached hydrogens (tertiary/aromatic N) is 2. The van der Waals surface area contributed by atoms with Crippen LogP contribution in [0.4, 0.5) is 5.69 Å². The second-order valence-corrected chi connectivity index (χ2v) is 8.68. The van der Waals surface area contributed by atoms with Gasteiger partial charge in [-0.25, -0.2) is 13.4 Å². The fourth-order valence-corrected chi connectivity index (χ4v) is 5.24. The molecule has 0 amide bonds. The number of hydrogen-bond acceptors (Lipinski definition) is 6. The number of pyridine rings is 1. The minimum absolute atomic E-state index is 0.365. The Hall–Kier alpha value is -1.19. The summed E-state index contributed by atoms with van der Waals surface area (Å²) < 4.78 is 32.2. The van der Waals surface area contributed by atoms with Crippen molar-refractivity contribution in [2.75, 3.05) is 31.6 Å². The first kappa shape index (κ1) is 16.7. The zero-order valence-corrected chi connectivity index (χ0v) is 14.6. The van der Waals surface area contributed by atoms with Crippen LogP contribution in [0.25, 0.3) is 0 Å². The van der Waals surface area contributed by atoms with Gasteiger partial charge in [0.2, 0.25) is 0 Å². The van der Waals surface area contributed by atoms with Crippen LogP contribution in [0.5, 0.6) is 0 Å². The van der Waals surface area contributed by atoms with Crippen LogP contribution in [0, 0.1) is 0 Å². The Bertz CT molecular complexity index is 773. The Kier molecular flexibility index (Phi) is 5.17. The van der Waals surface area contributed by atoms with Gasteiger partial charge in [-0.2, -0.15) is 4.31 Å². The number of ether oxygens (including phenoxy) is 1. The summed E-state index contributed by atoms with van der Waals surface area (Å²) >= 11 is 7.11. The molecule has 1 aliphatic heterocycles. The Morgan fingerprint density at radius 1 is 1.30 bits per heavy atom. The highest BCUT2D eigenvalue weighted by molar-refractivity contribution is 7.91. The van der Waals surface area contributed by atoms with Crippen LogP contribution < -0.4 is 5.32 Å². The molecule has 0 saturated carbocycles. The molecule has 0 aliphatic carbocycles. The summed E-state index contributed by atoms with van der Waals surface area (Å²) in [5.74, 6) is 0. The molecule has 1 fully saturated rings. The van der Waals surface area contributed by atoms with E-state index >= 15 is 0 Å². The molecule has 1 N–H and O–H groups in total. The van der Waals surface area contributed by atoms with E-state index < -0.39 is 10.0 Å². The number of aromatic nitrogens is 1. The molecule has 0 aromatic carbocycles. The SMILES string of the molecule is O=S(=O)(c1ccc(CNc2ccnc(Cl)c2)s1)N1CCOCC1. The van der Waals surface area contributed by atoms with E-state index in [1.165, 1.54) is 15.6 Å². The Morgan fingerprint density at radius 3 is 2.83 bits per heavy atom. The van der Waals surface area contributed by atoms with Gasteiger partial charge in [-0.05, 0) is 24.3 Å². The van der Waals surface area contributed by atoms with Crippen LogP contribution in [0.1, 0.15) is 4.88 Å². The van der Waals surface area contributed by atoms with Crippen molar-refractivity contribution in [1.82, 2.24) is 9.29 Å². The van der Waals surface area contributed by atoms with Gasteiger partial charge >= 0.3 is 0 Å². The number of nitrogens with one attached hydrogen (secondary N) is 1. The molecule has 1 aliphatic rings. The summed E-state index contributed by atoms with van der Waals surface area (Å²) in [6.45, 7) is 2.24. The molecule has 2 aromatic heterocycles. The first-order valence-corrected chi connectivity index (χ1v) is 9.71. The summed E-state index contributed by atoms with van der Waals surface area (Å²) in [5.41, 5.74) is 0.844. The fourth-order valence-electron chi connectivity index (χ4n) is 2.21. The van der Waals surface area contributed by atoms with Crippen LogP contribution in [0.3, 0.4) is 0 Å². The van der Waals surface area contributed by atoms with Gasteiger partial charge in [0.25, 0.3) is 10.0 Å². The van der Waals surface area contributed by atoms with Gasteiger partial charge in [-0.15, -0.1) is 11.3 Å². The van der Waals surface area contributed by atoms with E-state index in [0.717, 1.165) is 10.6 Å². The molecule has 0 bridgehead atoms. The molecular weight excluding hydrogens is 358 g/mol. The molecule has 0 unspecified atom stereocenters. The van der Waals surface area contributed by atoms with Crippen LogP contribution in [-0.2, 0) is 21.3 Å². The highest BCUT2D eigenvalue weighted by Gasteiger charge is 2.27. The van der Waals surface area contributed by atoms with E-state index in [4.69, 9.17) is 16.3 Å². The number of anilines is 1. The maximum Gasteiger partial charge on any atom is 0.252 e. The van der Waals surface area contributed by atoms with Gasteiger partial charge in [-0.3, -0.25) is 0 Å². The third-order valence-corrected chi connectivity index (χ3v) is 7.05. The average Bonchev–Trinajstić information content (AvgIpc) is 3.04. The topological polar surface area (TPSA) is 71.5 Å². The van der Waals surface area contributed by atoms with Crippen molar-refractivity contribution in [2.45, 2.75) is 10.8 Å². The van der Waals surface area contributed by atoms with Crippen LogP contribution in [-0.4, -0.2) is 44.0 Å². The second-order valence-electron chi connectivity index (χ2n) is 4.96. The first-order valence-electron chi connectivity index (χ1n) is 7.08. The lowest BCUT2D eigenvalue weighted by molar-refractivity contribution is 0.0731. The zero-order valence-electron chi connectivity index (χ0n) is 12.2. The van der Waals surface area contributed by atoms with Gasteiger partial charge in [0, 0.05) is 36.4 Å². The summed E-state index contributed by atoms with van der Waals surface area (Å²) in [6.07, 6.45) is 1.62. The van der Waals surface area contributed by atoms with Gasteiger partial charge in [-0.1, -0.05) is 11.6 Å².